The molecule has 4 nitrogen and oxygen atoms in total. The smallest absolute Gasteiger partial charge is 0.479 e. The van der Waals surface area contributed by atoms with Gasteiger partial charge in [0.05, 0.1) is 6.61 Å². The summed E-state index contributed by atoms with van der Waals surface area (Å²) in [5.74, 6) is -2.51. The van der Waals surface area contributed by atoms with Gasteiger partial charge in [-0.05, 0) is 12.1 Å². The Morgan fingerprint density at radius 3 is 2.38 bits per heavy atom. The number of carbonyl (C=O) groups is 1. The van der Waals surface area contributed by atoms with Crippen molar-refractivity contribution in [1.29, 1.82) is 0 Å². The Morgan fingerprint density at radius 2 is 2.00 bits per heavy atom. The SMILES string of the molecule is CCO/C(C)=N\OC(=O)C(F)(F)F. The second kappa shape index (κ2) is 4.68. The van der Waals surface area contributed by atoms with E-state index in [-0.39, 0.29) is 12.5 Å². The fraction of sp³-hybridized carbons (Fsp3) is 0.667. The van der Waals surface area contributed by atoms with Gasteiger partial charge in [0.15, 0.2) is 0 Å². The first-order valence-corrected chi connectivity index (χ1v) is 3.33. The molecule has 0 N–H and O–H groups in total. The van der Waals surface area contributed by atoms with Gasteiger partial charge in [-0.2, -0.15) is 13.2 Å². The monoisotopic (exact) mass is 199 g/mol. The molecule has 0 bridgehead atoms. The topological polar surface area (TPSA) is 47.9 Å². The number of ether oxygens (including phenoxy) is 1. The summed E-state index contributed by atoms with van der Waals surface area (Å²) in [6, 6.07) is 0. The molecule has 0 radical (unpaired) electrons. The molecular weight excluding hydrogens is 191 g/mol. The van der Waals surface area contributed by atoms with Crippen molar-refractivity contribution in [3.63, 3.8) is 0 Å². The van der Waals surface area contributed by atoms with Crippen LogP contribution in [-0.2, 0) is 14.4 Å². The zero-order valence-corrected chi connectivity index (χ0v) is 7.01. The molecule has 0 heterocycles. The maximum atomic E-state index is 11.5. The van der Waals surface area contributed by atoms with Gasteiger partial charge in [-0.3, -0.25) is 0 Å². The van der Waals surface area contributed by atoms with E-state index >= 15 is 0 Å². The molecule has 0 aliphatic heterocycles. The molecule has 0 fully saturated rings. The van der Waals surface area contributed by atoms with Crippen molar-refractivity contribution in [2.45, 2.75) is 20.0 Å². The summed E-state index contributed by atoms with van der Waals surface area (Å²) < 4.78 is 39.1. The zero-order valence-electron chi connectivity index (χ0n) is 7.01. The predicted octanol–water partition coefficient (Wildman–Crippen LogP) is 1.46. The summed E-state index contributed by atoms with van der Waals surface area (Å²) in [4.78, 5) is 13.6. The minimum absolute atomic E-state index is 0.139. The van der Waals surface area contributed by atoms with Crippen LogP contribution in [-0.4, -0.2) is 24.7 Å². The number of alkyl halides is 3. The summed E-state index contributed by atoms with van der Waals surface area (Å²) in [7, 11) is 0. The van der Waals surface area contributed by atoms with Crippen LogP contribution in [0.3, 0.4) is 0 Å². The van der Waals surface area contributed by atoms with Crippen LogP contribution in [0.15, 0.2) is 5.16 Å². The lowest BCUT2D eigenvalue weighted by molar-refractivity contribution is -0.199. The lowest BCUT2D eigenvalue weighted by Gasteiger charge is -2.02. The van der Waals surface area contributed by atoms with Gasteiger partial charge in [-0.15, -0.1) is 0 Å². The third kappa shape index (κ3) is 5.05. The van der Waals surface area contributed by atoms with Gasteiger partial charge < -0.3 is 9.57 Å². The molecule has 0 rings (SSSR count). The molecular formula is C6H8F3NO3. The molecule has 76 valence electrons. The Labute approximate surface area is 72.3 Å². The molecule has 0 aliphatic rings. The molecule has 0 aromatic rings. The highest BCUT2D eigenvalue weighted by atomic mass is 19.4. The molecule has 0 amide bonds. The van der Waals surface area contributed by atoms with Gasteiger partial charge >= 0.3 is 12.1 Å². The lowest BCUT2D eigenvalue weighted by Crippen LogP contribution is -2.24. The number of carbonyl (C=O) groups excluding carboxylic acids is 1. The highest BCUT2D eigenvalue weighted by Gasteiger charge is 2.41. The third-order valence-electron chi connectivity index (χ3n) is 0.842. The summed E-state index contributed by atoms with van der Waals surface area (Å²) in [6.45, 7) is 3.12. The second-order valence-corrected chi connectivity index (χ2v) is 1.92. The van der Waals surface area contributed by atoms with E-state index in [2.05, 4.69) is 14.7 Å². The fourth-order valence-corrected chi connectivity index (χ4v) is 0.393. The molecule has 0 aliphatic carbocycles. The van der Waals surface area contributed by atoms with E-state index in [4.69, 9.17) is 0 Å². The van der Waals surface area contributed by atoms with E-state index in [1.807, 2.05) is 0 Å². The van der Waals surface area contributed by atoms with Crippen molar-refractivity contribution < 1.29 is 27.5 Å². The van der Waals surface area contributed by atoms with Gasteiger partial charge in [0.2, 0.25) is 5.90 Å². The van der Waals surface area contributed by atoms with E-state index in [1.165, 1.54) is 6.92 Å². The Kier molecular flexibility index (Phi) is 4.22. The maximum absolute atomic E-state index is 11.5. The second-order valence-electron chi connectivity index (χ2n) is 1.92. The maximum Gasteiger partial charge on any atom is 0.493 e. The number of hydrogen-bond donors (Lipinski definition) is 0. The number of oxime groups is 1. The van der Waals surface area contributed by atoms with Crippen LogP contribution >= 0.6 is 0 Å². The van der Waals surface area contributed by atoms with E-state index in [1.54, 1.807) is 6.92 Å². The Bertz CT molecular complexity index is 212. The Morgan fingerprint density at radius 1 is 1.46 bits per heavy atom. The third-order valence-corrected chi connectivity index (χ3v) is 0.842. The quantitative estimate of drug-likeness (QED) is 0.293. The molecule has 0 spiro atoms. The van der Waals surface area contributed by atoms with Gasteiger partial charge in [0.1, 0.15) is 0 Å². The molecule has 0 atom stereocenters. The van der Waals surface area contributed by atoms with Crippen LogP contribution in [0.25, 0.3) is 0 Å². The van der Waals surface area contributed by atoms with Crippen molar-refractivity contribution in [2.75, 3.05) is 6.61 Å². The van der Waals surface area contributed by atoms with E-state index in [9.17, 15) is 18.0 Å². The fourth-order valence-electron chi connectivity index (χ4n) is 0.393. The highest BCUT2D eigenvalue weighted by molar-refractivity contribution is 5.78. The van der Waals surface area contributed by atoms with Crippen molar-refractivity contribution in [1.82, 2.24) is 0 Å². The number of rotatable bonds is 2. The average molecular weight is 199 g/mol. The lowest BCUT2D eigenvalue weighted by atomic mass is 10.7. The van der Waals surface area contributed by atoms with Crippen LogP contribution in [0.4, 0.5) is 13.2 Å². The van der Waals surface area contributed by atoms with E-state index in [0.717, 1.165) is 0 Å². The molecule has 0 saturated heterocycles. The van der Waals surface area contributed by atoms with Crippen molar-refractivity contribution in [3.8, 4) is 0 Å². The predicted molar refractivity (Wildman–Crippen MR) is 36.9 cm³/mol. The highest BCUT2D eigenvalue weighted by Crippen LogP contribution is 2.16. The summed E-state index contributed by atoms with van der Waals surface area (Å²) in [5, 5.41) is 2.81. The van der Waals surface area contributed by atoms with Crippen molar-refractivity contribution in [2.24, 2.45) is 5.16 Å². The molecule has 0 aromatic heterocycles. The van der Waals surface area contributed by atoms with E-state index in [0.29, 0.717) is 0 Å². The van der Waals surface area contributed by atoms with Crippen LogP contribution in [0.5, 0.6) is 0 Å². The molecule has 0 unspecified atom stereocenters. The van der Waals surface area contributed by atoms with Crippen LogP contribution in [0.2, 0.25) is 0 Å². The summed E-state index contributed by atoms with van der Waals surface area (Å²) >= 11 is 0. The first-order chi connectivity index (χ1) is 5.88. The number of nitrogens with zero attached hydrogens (tertiary/aromatic N) is 1. The normalized spacial score (nSPS) is 12.5. The van der Waals surface area contributed by atoms with E-state index < -0.39 is 12.1 Å². The van der Waals surface area contributed by atoms with Crippen LogP contribution < -0.4 is 0 Å². The van der Waals surface area contributed by atoms with Gasteiger partial charge in [-0.1, -0.05) is 0 Å². The average Bonchev–Trinajstić information content (AvgIpc) is 1.99. The Balaban J connectivity index is 4.02. The summed E-state index contributed by atoms with van der Waals surface area (Å²) in [5.41, 5.74) is 0. The molecule has 0 saturated carbocycles. The van der Waals surface area contributed by atoms with Gasteiger partial charge in [0.25, 0.3) is 0 Å². The van der Waals surface area contributed by atoms with Gasteiger partial charge in [0, 0.05) is 6.92 Å². The zero-order chi connectivity index (χ0) is 10.5. The first kappa shape index (κ1) is 11.7. The molecule has 7 heteroatoms. The van der Waals surface area contributed by atoms with Crippen LogP contribution in [0.1, 0.15) is 13.8 Å². The largest absolute Gasteiger partial charge is 0.493 e. The van der Waals surface area contributed by atoms with Crippen molar-refractivity contribution in [3.05, 3.63) is 0 Å². The summed E-state index contributed by atoms with van der Waals surface area (Å²) in [6.07, 6.45) is -5.03. The number of halogens is 3. The minimum Gasteiger partial charge on any atom is -0.479 e. The number of hydrogen-bond acceptors (Lipinski definition) is 4. The molecule has 13 heavy (non-hydrogen) atoms. The van der Waals surface area contributed by atoms with Crippen molar-refractivity contribution >= 4 is 11.9 Å². The molecule has 0 aromatic carbocycles. The Hall–Kier alpha value is -1.27. The minimum atomic E-state index is -5.03. The first-order valence-electron chi connectivity index (χ1n) is 3.33. The standard InChI is InChI=1S/C6H8F3NO3/c1-3-12-4(2)10-13-5(11)6(7,8)9/h3H2,1-2H3/b10-4-. The van der Waals surface area contributed by atoms with Crippen LogP contribution in [0, 0.1) is 0 Å². The van der Waals surface area contributed by atoms with Gasteiger partial charge in [-0.25, -0.2) is 4.79 Å².